The molecule has 1 aromatic rings. The van der Waals surface area contributed by atoms with Crippen LogP contribution in [-0.4, -0.2) is 114 Å². The average Bonchev–Trinajstić information content (AvgIpc) is 3.44. The standard InChI is InChI=1S/C27H44N4O5S/c1-20-16-24(35-6)17-21(2)26(20)37(34)28(4)14-15-36-19-25(32)29(5)23-10-9-13-31(18-23)27(33)22(3)30-11-7-8-12-30/h16-17,22-23H,7-15,18-19H2,1-6H3. The van der Waals surface area contributed by atoms with Crippen molar-refractivity contribution in [3.8, 4) is 5.75 Å². The Bertz CT molecular complexity index is 945. The lowest BCUT2D eigenvalue weighted by Crippen LogP contribution is -2.54. The van der Waals surface area contributed by atoms with Gasteiger partial charge in [0.25, 0.3) is 0 Å². The van der Waals surface area contributed by atoms with Crippen molar-refractivity contribution in [3.63, 3.8) is 0 Å². The molecule has 37 heavy (non-hydrogen) atoms. The molecule has 208 valence electrons. The first-order chi connectivity index (χ1) is 17.6. The molecule has 0 aromatic heterocycles. The van der Waals surface area contributed by atoms with Gasteiger partial charge < -0.3 is 19.3 Å². The summed E-state index contributed by atoms with van der Waals surface area (Å²) in [4.78, 5) is 32.6. The van der Waals surface area contributed by atoms with Crippen LogP contribution in [0.15, 0.2) is 17.0 Å². The number of piperidine rings is 1. The van der Waals surface area contributed by atoms with Gasteiger partial charge in [0, 0.05) is 39.8 Å². The van der Waals surface area contributed by atoms with Crippen LogP contribution in [0.4, 0.5) is 0 Å². The van der Waals surface area contributed by atoms with Crippen molar-refractivity contribution in [3.05, 3.63) is 23.3 Å². The molecule has 3 rings (SSSR count). The number of rotatable bonds is 11. The van der Waals surface area contributed by atoms with Gasteiger partial charge >= 0.3 is 0 Å². The summed E-state index contributed by atoms with van der Waals surface area (Å²) in [5.74, 6) is 0.815. The molecule has 1 aromatic carbocycles. The van der Waals surface area contributed by atoms with Crippen LogP contribution in [0.2, 0.25) is 0 Å². The number of nitrogens with zero attached hydrogens (tertiary/aromatic N) is 4. The van der Waals surface area contributed by atoms with Crippen LogP contribution in [0.1, 0.15) is 43.7 Å². The molecule has 0 N–H and O–H groups in total. The number of carbonyl (C=O) groups is 2. The van der Waals surface area contributed by atoms with Gasteiger partial charge in [-0.2, -0.15) is 0 Å². The summed E-state index contributed by atoms with van der Waals surface area (Å²) in [6.45, 7) is 9.83. The van der Waals surface area contributed by atoms with Crippen molar-refractivity contribution in [2.24, 2.45) is 0 Å². The van der Waals surface area contributed by atoms with E-state index in [2.05, 4.69) is 4.90 Å². The zero-order chi connectivity index (χ0) is 27.1. The molecule has 0 saturated carbocycles. The zero-order valence-electron chi connectivity index (χ0n) is 23.3. The average molecular weight is 537 g/mol. The van der Waals surface area contributed by atoms with Gasteiger partial charge in [0.05, 0.1) is 24.7 Å². The Morgan fingerprint density at radius 1 is 1.11 bits per heavy atom. The zero-order valence-corrected chi connectivity index (χ0v) is 24.1. The summed E-state index contributed by atoms with van der Waals surface area (Å²) in [6, 6.07) is 3.66. The molecule has 2 amide bonds. The fourth-order valence-corrected chi connectivity index (χ4v) is 6.44. The molecule has 0 spiro atoms. The third-order valence-electron chi connectivity index (χ3n) is 7.60. The number of methoxy groups -OCH3 is 1. The van der Waals surface area contributed by atoms with E-state index in [1.54, 1.807) is 30.4 Å². The summed E-state index contributed by atoms with van der Waals surface area (Å²) in [7, 11) is 3.86. The Kier molecular flexibility index (Phi) is 10.9. The molecule has 2 fully saturated rings. The van der Waals surface area contributed by atoms with Crippen LogP contribution >= 0.6 is 0 Å². The predicted octanol–water partition coefficient (Wildman–Crippen LogP) is 2.22. The van der Waals surface area contributed by atoms with Gasteiger partial charge in [0.1, 0.15) is 23.3 Å². The molecule has 2 heterocycles. The number of benzene rings is 1. The van der Waals surface area contributed by atoms with Crippen LogP contribution in [0, 0.1) is 13.8 Å². The second kappa shape index (κ2) is 13.7. The highest BCUT2D eigenvalue weighted by Gasteiger charge is 2.33. The van der Waals surface area contributed by atoms with Gasteiger partial charge in [-0.05, 0) is 82.8 Å². The summed E-state index contributed by atoms with van der Waals surface area (Å²) >= 11 is 0. The molecule has 3 atom stereocenters. The smallest absolute Gasteiger partial charge is 0.248 e. The third-order valence-corrected chi connectivity index (χ3v) is 9.34. The Morgan fingerprint density at radius 2 is 1.76 bits per heavy atom. The second-order valence-electron chi connectivity index (χ2n) is 10.2. The van der Waals surface area contributed by atoms with E-state index in [9.17, 15) is 13.8 Å². The highest BCUT2D eigenvalue weighted by molar-refractivity contribution is 7.82. The van der Waals surface area contributed by atoms with E-state index in [0.717, 1.165) is 67.1 Å². The normalized spacial score (nSPS) is 20.2. The molecule has 0 bridgehead atoms. The Hall–Kier alpha value is -2.01. The third kappa shape index (κ3) is 7.52. The molecule has 0 radical (unpaired) electrons. The fraction of sp³-hybridized carbons (Fsp3) is 0.704. The highest BCUT2D eigenvalue weighted by atomic mass is 32.2. The van der Waals surface area contributed by atoms with Crippen molar-refractivity contribution in [2.75, 3.05) is 67.1 Å². The van der Waals surface area contributed by atoms with E-state index in [1.165, 1.54) is 0 Å². The molecule has 9 nitrogen and oxygen atoms in total. The summed E-state index contributed by atoms with van der Waals surface area (Å²) in [5, 5.41) is 0. The van der Waals surface area contributed by atoms with Crippen LogP contribution < -0.4 is 4.74 Å². The van der Waals surface area contributed by atoms with Crippen LogP contribution in [0.3, 0.4) is 0 Å². The lowest BCUT2D eigenvalue weighted by Gasteiger charge is -2.39. The summed E-state index contributed by atoms with van der Waals surface area (Å²) in [5.41, 5.74) is 1.82. The number of hydrogen-bond acceptors (Lipinski definition) is 6. The van der Waals surface area contributed by atoms with Gasteiger partial charge in [-0.15, -0.1) is 0 Å². The predicted molar refractivity (Wildman–Crippen MR) is 145 cm³/mol. The van der Waals surface area contributed by atoms with E-state index in [0.29, 0.717) is 19.7 Å². The maximum absolute atomic E-state index is 13.1. The molecular formula is C27H44N4O5S. The second-order valence-corrected chi connectivity index (χ2v) is 11.8. The number of likely N-dealkylation sites (tertiary alicyclic amines) is 2. The van der Waals surface area contributed by atoms with Gasteiger partial charge in [-0.1, -0.05) is 0 Å². The van der Waals surface area contributed by atoms with Gasteiger partial charge in [-0.25, -0.2) is 8.51 Å². The lowest BCUT2D eigenvalue weighted by molar-refractivity contribution is -0.143. The van der Waals surface area contributed by atoms with E-state index in [4.69, 9.17) is 9.47 Å². The lowest BCUT2D eigenvalue weighted by atomic mass is 10.0. The van der Waals surface area contributed by atoms with E-state index in [1.807, 2.05) is 37.8 Å². The minimum atomic E-state index is -1.34. The molecule has 3 unspecified atom stereocenters. The first kappa shape index (κ1) is 29.5. The minimum absolute atomic E-state index is 0.00391. The Balaban J connectivity index is 1.43. The van der Waals surface area contributed by atoms with Crippen molar-refractivity contribution >= 4 is 22.8 Å². The van der Waals surface area contributed by atoms with Gasteiger partial charge in [-0.3, -0.25) is 14.5 Å². The molecule has 0 aliphatic carbocycles. The Labute approximate surface area is 224 Å². The van der Waals surface area contributed by atoms with E-state index < -0.39 is 11.0 Å². The van der Waals surface area contributed by atoms with Crippen molar-refractivity contribution in [1.29, 1.82) is 0 Å². The molecule has 2 aliphatic heterocycles. The van der Waals surface area contributed by atoms with E-state index >= 15 is 0 Å². The summed E-state index contributed by atoms with van der Waals surface area (Å²) in [6.07, 6.45) is 4.09. The SMILES string of the molecule is COc1cc(C)c(S(=O)N(C)CCOCC(=O)N(C)C2CCCN(C(=O)C(C)N3CCCC3)C2)c(C)c1. The number of likely N-dealkylation sites (N-methyl/N-ethyl adjacent to an activating group) is 2. The number of hydrogen-bond donors (Lipinski definition) is 0. The molecular weight excluding hydrogens is 492 g/mol. The first-order valence-electron chi connectivity index (χ1n) is 13.3. The first-order valence-corrected chi connectivity index (χ1v) is 14.4. The van der Waals surface area contributed by atoms with Crippen molar-refractivity contribution in [2.45, 2.75) is 63.4 Å². The van der Waals surface area contributed by atoms with Crippen LogP contribution in [0.5, 0.6) is 5.75 Å². The van der Waals surface area contributed by atoms with Gasteiger partial charge in [0.2, 0.25) is 11.8 Å². The summed E-state index contributed by atoms with van der Waals surface area (Å²) < 4.78 is 25.8. The maximum atomic E-state index is 13.1. The topological polar surface area (TPSA) is 82.6 Å². The largest absolute Gasteiger partial charge is 0.497 e. The molecule has 2 saturated heterocycles. The van der Waals surface area contributed by atoms with Crippen molar-refractivity contribution < 1.29 is 23.3 Å². The quantitative estimate of drug-likeness (QED) is 0.404. The number of amides is 2. The number of aryl methyl sites for hydroxylation is 2. The van der Waals surface area contributed by atoms with Crippen LogP contribution in [-0.2, 0) is 25.3 Å². The van der Waals surface area contributed by atoms with Crippen LogP contribution in [0.25, 0.3) is 0 Å². The fourth-order valence-electron chi connectivity index (χ4n) is 5.22. The Morgan fingerprint density at radius 3 is 2.38 bits per heavy atom. The number of carbonyl (C=O) groups excluding carboxylic acids is 2. The molecule has 10 heteroatoms. The highest BCUT2D eigenvalue weighted by Crippen LogP contribution is 2.25. The minimum Gasteiger partial charge on any atom is -0.497 e. The monoisotopic (exact) mass is 536 g/mol. The van der Waals surface area contributed by atoms with Crippen molar-refractivity contribution in [1.82, 2.24) is 19.0 Å². The maximum Gasteiger partial charge on any atom is 0.248 e. The molecule has 2 aliphatic rings. The van der Waals surface area contributed by atoms with E-state index in [-0.39, 0.29) is 30.5 Å². The number of ether oxygens (including phenoxy) is 2. The van der Waals surface area contributed by atoms with Gasteiger partial charge in [0.15, 0.2) is 0 Å².